The van der Waals surface area contributed by atoms with Gasteiger partial charge in [0.05, 0.1) is 0 Å². The molecule has 1 aromatic carbocycles. The lowest BCUT2D eigenvalue weighted by atomic mass is 9.98. The lowest BCUT2D eigenvalue weighted by Gasteiger charge is -2.36. The van der Waals surface area contributed by atoms with Crippen molar-refractivity contribution in [3.8, 4) is 0 Å². The summed E-state index contributed by atoms with van der Waals surface area (Å²) >= 11 is 0. The molecule has 0 saturated carbocycles. The molecule has 0 aromatic heterocycles. The van der Waals surface area contributed by atoms with Gasteiger partial charge in [0.2, 0.25) is 0 Å². The molecular formula is C17H29FN2. The summed E-state index contributed by atoms with van der Waals surface area (Å²) < 4.78 is 13.4. The summed E-state index contributed by atoms with van der Waals surface area (Å²) in [6.45, 7) is 10.7. The highest BCUT2D eigenvalue weighted by molar-refractivity contribution is 5.20. The maximum atomic E-state index is 13.4. The maximum Gasteiger partial charge on any atom is 0.123 e. The topological polar surface area (TPSA) is 15.3 Å². The molecule has 1 rings (SSSR count). The van der Waals surface area contributed by atoms with Crippen molar-refractivity contribution >= 4 is 0 Å². The number of hydrogen-bond donors (Lipinski definition) is 1. The standard InChI is InChI=1S/C17H29FN2/c1-6-17(3,4)20(5)12-11-16(19-7-2)14-9-8-10-15(18)13-14/h8-10,13,16,19H,6-7,11-12H2,1-5H3. The molecule has 0 aliphatic heterocycles. The van der Waals surface area contributed by atoms with Gasteiger partial charge in [0.25, 0.3) is 0 Å². The minimum atomic E-state index is -0.160. The molecular weight excluding hydrogens is 251 g/mol. The fourth-order valence-corrected chi connectivity index (χ4v) is 2.25. The van der Waals surface area contributed by atoms with Crippen LogP contribution in [0.25, 0.3) is 0 Å². The minimum absolute atomic E-state index is 0.160. The molecule has 114 valence electrons. The van der Waals surface area contributed by atoms with Crippen LogP contribution in [0.1, 0.15) is 52.1 Å². The third kappa shape index (κ3) is 4.88. The van der Waals surface area contributed by atoms with Gasteiger partial charge in [0, 0.05) is 18.1 Å². The van der Waals surface area contributed by atoms with E-state index < -0.39 is 0 Å². The van der Waals surface area contributed by atoms with Gasteiger partial charge >= 0.3 is 0 Å². The van der Waals surface area contributed by atoms with E-state index >= 15 is 0 Å². The molecule has 20 heavy (non-hydrogen) atoms. The van der Waals surface area contributed by atoms with E-state index in [4.69, 9.17) is 0 Å². The van der Waals surface area contributed by atoms with E-state index in [2.05, 4.69) is 45.0 Å². The second-order valence-corrected chi connectivity index (χ2v) is 6.04. The summed E-state index contributed by atoms with van der Waals surface area (Å²) in [5, 5.41) is 3.46. The van der Waals surface area contributed by atoms with E-state index in [9.17, 15) is 4.39 Å². The SMILES string of the molecule is CCNC(CCN(C)C(C)(C)CC)c1cccc(F)c1. The average molecular weight is 280 g/mol. The smallest absolute Gasteiger partial charge is 0.123 e. The van der Waals surface area contributed by atoms with Crippen molar-refractivity contribution in [2.45, 2.75) is 52.1 Å². The van der Waals surface area contributed by atoms with Crippen LogP contribution in [-0.4, -0.2) is 30.6 Å². The molecule has 1 unspecified atom stereocenters. The van der Waals surface area contributed by atoms with E-state index in [1.54, 1.807) is 12.1 Å². The summed E-state index contributed by atoms with van der Waals surface area (Å²) in [6, 6.07) is 7.14. The Morgan fingerprint density at radius 2 is 2.00 bits per heavy atom. The summed E-state index contributed by atoms with van der Waals surface area (Å²) in [5.74, 6) is -0.160. The Balaban J connectivity index is 2.69. The number of benzene rings is 1. The van der Waals surface area contributed by atoms with Gasteiger partial charge in [-0.05, 0) is 58.0 Å². The first kappa shape index (κ1) is 17.1. The fraction of sp³-hybridized carbons (Fsp3) is 0.647. The number of hydrogen-bond acceptors (Lipinski definition) is 2. The van der Waals surface area contributed by atoms with Crippen LogP contribution in [-0.2, 0) is 0 Å². The summed E-state index contributed by atoms with van der Waals surface area (Å²) in [4.78, 5) is 2.39. The predicted octanol–water partition coefficient (Wildman–Crippen LogP) is 3.99. The zero-order valence-corrected chi connectivity index (χ0v) is 13.5. The molecule has 0 saturated heterocycles. The van der Waals surface area contributed by atoms with Gasteiger partial charge in [-0.25, -0.2) is 4.39 Å². The fourth-order valence-electron chi connectivity index (χ4n) is 2.25. The van der Waals surface area contributed by atoms with Crippen LogP contribution in [0.4, 0.5) is 4.39 Å². The predicted molar refractivity (Wildman–Crippen MR) is 84.4 cm³/mol. The lowest BCUT2D eigenvalue weighted by Crippen LogP contribution is -2.42. The van der Waals surface area contributed by atoms with E-state index in [1.165, 1.54) is 6.07 Å². The molecule has 1 N–H and O–H groups in total. The first-order chi connectivity index (χ1) is 9.40. The third-order valence-corrected chi connectivity index (χ3v) is 4.35. The van der Waals surface area contributed by atoms with E-state index in [-0.39, 0.29) is 17.4 Å². The molecule has 1 aromatic rings. The lowest BCUT2D eigenvalue weighted by molar-refractivity contribution is 0.144. The van der Waals surface area contributed by atoms with Gasteiger partial charge in [-0.2, -0.15) is 0 Å². The highest BCUT2D eigenvalue weighted by atomic mass is 19.1. The van der Waals surface area contributed by atoms with Gasteiger partial charge in [-0.15, -0.1) is 0 Å². The Morgan fingerprint density at radius 3 is 2.55 bits per heavy atom. The van der Waals surface area contributed by atoms with Crippen LogP contribution in [0, 0.1) is 5.82 Å². The van der Waals surface area contributed by atoms with Gasteiger partial charge in [-0.1, -0.05) is 26.0 Å². The van der Waals surface area contributed by atoms with Crippen LogP contribution in [0.5, 0.6) is 0 Å². The first-order valence-corrected chi connectivity index (χ1v) is 7.60. The summed E-state index contributed by atoms with van der Waals surface area (Å²) in [7, 11) is 2.16. The highest BCUT2D eigenvalue weighted by Crippen LogP contribution is 2.21. The normalized spacial score (nSPS) is 13.8. The monoisotopic (exact) mass is 280 g/mol. The van der Waals surface area contributed by atoms with Gasteiger partial charge < -0.3 is 10.2 Å². The van der Waals surface area contributed by atoms with Crippen molar-refractivity contribution in [2.24, 2.45) is 0 Å². The third-order valence-electron chi connectivity index (χ3n) is 4.35. The molecule has 0 radical (unpaired) electrons. The van der Waals surface area contributed by atoms with Crippen molar-refractivity contribution in [3.05, 3.63) is 35.6 Å². The zero-order chi connectivity index (χ0) is 15.2. The van der Waals surface area contributed by atoms with Crippen molar-refractivity contribution < 1.29 is 4.39 Å². The Bertz CT molecular complexity index is 404. The molecule has 0 aliphatic carbocycles. The average Bonchev–Trinajstić information content (AvgIpc) is 2.43. The van der Waals surface area contributed by atoms with Crippen molar-refractivity contribution in [2.75, 3.05) is 20.1 Å². The highest BCUT2D eigenvalue weighted by Gasteiger charge is 2.22. The van der Waals surface area contributed by atoms with Crippen molar-refractivity contribution in [1.82, 2.24) is 10.2 Å². The van der Waals surface area contributed by atoms with Gasteiger partial charge in [0.15, 0.2) is 0 Å². The van der Waals surface area contributed by atoms with Gasteiger partial charge in [0.1, 0.15) is 5.82 Å². The molecule has 2 nitrogen and oxygen atoms in total. The molecule has 3 heteroatoms. The molecule has 1 atom stereocenters. The van der Waals surface area contributed by atoms with E-state index in [0.717, 1.165) is 31.5 Å². The maximum absolute atomic E-state index is 13.4. The second-order valence-electron chi connectivity index (χ2n) is 6.04. The molecule has 0 bridgehead atoms. The summed E-state index contributed by atoms with van der Waals surface area (Å²) in [6.07, 6.45) is 2.10. The van der Waals surface area contributed by atoms with Crippen LogP contribution in [0.2, 0.25) is 0 Å². The Kier molecular flexibility index (Phi) is 6.63. The number of rotatable bonds is 8. The Hall–Kier alpha value is -0.930. The minimum Gasteiger partial charge on any atom is -0.310 e. The summed E-state index contributed by atoms with van der Waals surface area (Å²) in [5.41, 5.74) is 1.24. The zero-order valence-electron chi connectivity index (χ0n) is 13.5. The van der Waals surface area contributed by atoms with Crippen LogP contribution < -0.4 is 5.32 Å². The van der Waals surface area contributed by atoms with Crippen LogP contribution in [0.15, 0.2) is 24.3 Å². The molecule has 0 aliphatic rings. The molecule has 0 spiro atoms. The number of nitrogens with one attached hydrogen (secondary N) is 1. The van der Waals surface area contributed by atoms with Crippen molar-refractivity contribution in [3.63, 3.8) is 0 Å². The van der Waals surface area contributed by atoms with Crippen LogP contribution >= 0.6 is 0 Å². The number of halogens is 1. The Morgan fingerprint density at radius 1 is 1.30 bits per heavy atom. The van der Waals surface area contributed by atoms with E-state index in [1.807, 2.05) is 6.07 Å². The Labute approximate surface area is 123 Å². The first-order valence-electron chi connectivity index (χ1n) is 7.60. The van der Waals surface area contributed by atoms with Crippen molar-refractivity contribution in [1.29, 1.82) is 0 Å². The van der Waals surface area contributed by atoms with Gasteiger partial charge in [-0.3, -0.25) is 0 Å². The largest absolute Gasteiger partial charge is 0.310 e. The molecule has 0 heterocycles. The van der Waals surface area contributed by atoms with Crippen LogP contribution in [0.3, 0.4) is 0 Å². The number of nitrogens with zero attached hydrogens (tertiary/aromatic N) is 1. The second kappa shape index (κ2) is 7.75. The molecule has 0 amide bonds. The quantitative estimate of drug-likeness (QED) is 0.774. The molecule has 0 fully saturated rings. The van der Waals surface area contributed by atoms with E-state index in [0.29, 0.717) is 0 Å².